The van der Waals surface area contributed by atoms with Gasteiger partial charge in [-0.1, -0.05) is 48.5 Å². The maximum absolute atomic E-state index is 4.73. The van der Waals surface area contributed by atoms with Crippen LogP contribution in [0.15, 0.2) is 59.8 Å². The van der Waals surface area contributed by atoms with Crippen LogP contribution in [-0.2, 0) is 5.75 Å². The summed E-state index contributed by atoms with van der Waals surface area (Å²) in [6, 6.07) is 16.9. The van der Waals surface area contributed by atoms with Crippen molar-refractivity contribution in [3.8, 4) is 17.1 Å². The minimum Gasteiger partial charge on any atom is -0.226 e. The molecule has 0 aliphatic heterocycles. The molecule has 0 N–H and O–H groups in total. The molecule has 2 aromatic carbocycles. The first kappa shape index (κ1) is 19.4. The third-order valence-corrected chi connectivity index (χ3v) is 5.87. The van der Waals surface area contributed by atoms with Gasteiger partial charge >= 0.3 is 0 Å². The van der Waals surface area contributed by atoms with Crippen molar-refractivity contribution >= 4 is 11.8 Å². The number of tetrazole rings is 1. The van der Waals surface area contributed by atoms with Gasteiger partial charge in [-0.25, -0.2) is 4.68 Å². The highest BCUT2D eigenvalue weighted by Gasteiger charge is 2.21. The highest BCUT2D eigenvalue weighted by atomic mass is 32.2. The van der Waals surface area contributed by atoms with E-state index in [1.54, 1.807) is 16.6 Å². The van der Waals surface area contributed by atoms with E-state index in [9.17, 15) is 0 Å². The fourth-order valence-corrected chi connectivity index (χ4v) is 4.26. The highest BCUT2D eigenvalue weighted by molar-refractivity contribution is 7.98. The molecule has 0 unspecified atom stereocenters. The Labute approximate surface area is 175 Å². The fraction of sp³-hybridized carbons (Fsp3) is 0.273. The molecule has 2 heterocycles. The quantitative estimate of drug-likeness (QED) is 0.423. The van der Waals surface area contributed by atoms with E-state index >= 15 is 0 Å². The van der Waals surface area contributed by atoms with Gasteiger partial charge in [0.25, 0.3) is 0 Å². The summed E-state index contributed by atoms with van der Waals surface area (Å²) in [5, 5.41) is 18.8. The van der Waals surface area contributed by atoms with Gasteiger partial charge in [0.1, 0.15) is 5.03 Å². The molecule has 0 saturated carbocycles. The molecule has 0 radical (unpaired) electrons. The minimum atomic E-state index is 0.158. The number of hydrogen-bond acceptors (Lipinski definition) is 5. The zero-order chi connectivity index (χ0) is 20.4. The van der Waals surface area contributed by atoms with Gasteiger partial charge in [-0.3, -0.25) is 0 Å². The summed E-state index contributed by atoms with van der Waals surface area (Å²) >= 11 is 1.74. The zero-order valence-electron chi connectivity index (χ0n) is 17.1. The first-order valence-electron chi connectivity index (χ1n) is 9.66. The van der Waals surface area contributed by atoms with Gasteiger partial charge in [0.15, 0.2) is 0 Å². The summed E-state index contributed by atoms with van der Waals surface area (Å²) in [4.78, 5) is 1.64. The van der Waals surface area contributed by atoms with E-state index in [2.05, 4.69) is 71.7 Å². The van der Waals surface area contributed by atoms with Crippen molar-refractivity contribution in [2.75, 3.05) is 0 Å². The minimum absolute atomic E-state index is 0.158. The van der Waals surface area contributed by atoms with Crippen LogP contribution in [0.25, 0.3) is 17.1 Å². The molecular formula is C22H24N6S. The Hall–Kier alpha value is -2.93. The lowest BCUT2D eigenvalue weighted by Crippen LogP contribution is -2.05. The average Bonchev–Trinajstić information content (AvgIpc) is 3.34. The second kappa shape index (κ2) is 8.21. The van der Waals surface area contributed by atoms with Gasteiger partial charge in [0.2, 0.25) is 5.82 Å². The van der Waals surface area contributed by atoms with Crippen LogP contribution in [0.4, 0.5) is 0 Å². The van der Waals surface area contributed by atoms with Crippen LogP contribution in [0.5, 0.6) is 0 Å². The summed E-state index contributed by atoms with van der Waals surface area (Å²) in [5.41, 5.74) is 5.63. The molecule has 4 aromatic rings. The molecule has 2 aromatic heterocycles. The Morgan fingerprint density at radius 3 is 2.34 bits per heavy atom. The van der Waals surface area contributed by atoms with Crippen LogP contribution in [-0.4, -0.2) is 30.0 Å². The molecule has 29 heavy (non-hydrogen) atoms. The largest absolute Gasteiger partial charge is 0.226 e. The van der Waals surface area contributed by atoms with E-state index in [-0.39, 0.29) is 6.04 Å². The molecule has 0 spiro atoms. The summed E-state index contributed by atoms with van der Waals surface area (Å²) in [6.45, 7) is 8.30. The molecule has 0 bridgehead atoms. The van der Waals surface area contributed by atoms with E-state index in [4.69, 9.17) is 5.10 Å². The van der Waals surface area contributed by atoms with Crippen LogP contribution in [0.2, 0.25) is 0 Å². The van der Waals surface area contributed by atoms with Crippen molar-refractivity contribution in [1.82, 2.24) is 30.0 Å². The lowest BCUT2D eigenvalue weighted by atomic mass is 10.1. The second-order valence-electron chi connectivity index (χ2n) is 7.32. The number of para-hydroxylation sites is 1. The first-order chi connectivity index (χ1) is 14.0. The molecule has 6 nitrogen and oxygen atoms in total. The Kier molecular flexibility index (Phi) is 5.49. The third-order valence-electron chi connectivity index (χ3n) is 4.73. The van der Waals surface area contributed by atoms with Gasteiger partial charge in [-0.2, -0.15) is 9.90 Å². The fourth-order valence-electron chi connectivity index (χ4n) is 3.21. The summed E-state index contributed by atoms with van der Waals surface area (Å²) in [7, 11) is 0. The zero-order valence-corrected chi connectivity index (χ0v) is 17.9. The van der Waals surface area contributed by atoms with Crippen LogP contribution >= 0.6 is 11.8 Å². The number of rotatable bonds is 6. The van der Waals surface area contributed by atoms with Gasteiger partial charge < -0.3 is 0 Å². The second-order valence-corrected chi connectivity index (χ2v) is 8.28. The Bertz CT molecular complexity index is 1090. The Morgan fingerprint density at radius 1 is 0.966 bits per heavy atom. The molecule has 0 aliphatic rings. The van der Waals surface area contributed by atoms with E-state index in [0.717, 1.165) is 22.0 Å². The van der Waals surface area contributed by atoms with E-state index in [1.807, 2.05) is 30.8 Å². The van der Waals surface area contributed by atoms with E-state index < -0.39 is 0 Å². The molecule has 0 fully saturated rings. The maximum Gasteiger partial charge on any atom is 0.209 e. The molecule has 0 amide bonds. The molecule has 4 rings (SSSR count). The lowest BCUT2D eigenvalue weighted by molar-refractivity contribution is 0.455. The number of thioether (sulfide) groups is 1. The summed E-state index contributed by atoms with van der Waals surface area (Å²) < 4.78 is 2.02. The van der Waals surface area contributed by atoms with E-state index in [1.165, 1.54) is 16.7 Å². The Balaban J connectivity index is 1.80. The number of nitrogens with zero attached hydrogens (tertiary/aromatic N) is 6. The summed E-state index contributed by atoms with van der Waals surface area (Å²) in [6.07, 6.45) is 1.85. The molecule has 148 valence electrons. The molecular weight excluding hydrogens is 380 g/mol. The van der Waals surface area contributed by atoms with Gasteiger partial charge in [-0.05, 0) is 49.6 Å². The van der Waals surface area contributed by atoms with Gasteiger partial charge in [0.05, 0.1) is 23.5 Å². The van der Waals surface area contributed by atoms with Crippen LogP contribution in [0.3, 0.4) is 0 Å². The topological polar surface area (TPSA) is 61.4 Å². The maximum atomic E-state index is 4.73. The normalized spacial score (nSPS) is 11.3. The van der Waals surface area contributed by atoms with Crippen molar-refractivity contribution in [2.45, 2.75) is 44.5 Å². The average molecular weight is 405 g/mol. The number of hydrogen-bond donors (Lipinski definition) is 0. The van der Waals surface area contributed by atoms with Crippen LogP contribution < -0.4 is 0 Å². The number of benzene rings is 2. The van der Waals surface area contributed by atoms with Crippen molar-refractivity contribution in [3.05, 3.63) is 71.4 Å². The SMILES string of the molecule is Cc1cccc(C)c1-n1ncc(-c2nnn(C(C)C)n2)c1SCc1ccccc1. The van der Waals surface area contributed by atoms with E-state index in [0.29, 0.717) is 5.82 Å². The lowest BCUT2D eigenvalue weighted by Gasteiger charge is -2.13. The number of aromatic nitrogens is 6. The van der Waals surface area contributed by atoms with Crippen molar-refractivity contribution < 1.29 is 0 Å². The molecule has 0 aliphatic carbocycles. The molecule has 0 atom stereocenters. The molecule has 7 heteroatoms. The monoisotopic (exact) mass is 404 g/mol. The summed E-state index contributed by atoms with van der Waals surface area (Å²) in [5.74, 6) is 1.44. The van der Waals surface area contributed by atoms with Crippen LogP contribution in [0, 0.1) is 13.8 Å². The smallest absolute Gasteiger partial charge is 0.209 e. The van der Waals surface area contributed by atoms with Gasteiger partial charge in [-0.15, -0.1) is 22.0 Å². The predicted molar refractivity (Wildman–Crippen MR) is 116 cm³/mol. The van der Waals surface area contributed by atoms with Crippen molar-refractivity contribution in [1.29, 1.82) is 0 Å². The standard InChI is InChI=1S/C22H24N6S/c1-15(2)28-25-21(24-26-28)19-13-23-27(20-16(3)9-8-10-17(20)4)22(19)29-14-18-11-6-5-7-12-18/h5-13,15H,14H2,1-4H3. The van der Waals surface area contributed by atoms with Crippen molar-refractivity contribution in [2.24, 2.45) is 0 Å². The number of aryl methyl sites for hydroxylation is 2. The van der Waals surface area contributed by atoms with Crippen molar-refractivity contribution in [3.63, 3.8) is 0 Å². The predicted octanol–water partition coefficient (Wildman–Crippen LogP) is 5.02. The van der Waals surface area contributed by atoms with Gasteiger partial charge in [0, 0.05) is 5.75 Å². The highest BCUT2D eigenvalue weighted by Crippen LogP contribution is 2.35. The Morgan fingerprint density at radius 2 is 1.69 bits per heavy atom. The third kappa shape index (κ3) is 3.96. The molecule has 0 saturated heterocycles. The van der Waals surface area contributed by atoms with Crippen LogP contribution in [0.1, 0.15) is 36.6 Å². The first-order valence-corrected chi connectivity index (χ1v) is 10.6.